The van der Waals surface area contributed by atoms with Crippen molar-refractivity contribution in [3.63, 3.8) is 0 Å². The minimum absolute atomic E-state index is 0.0889. The standard InChI is InChI=1S/C13H16F4N2/c14-11-4-3-10(13(15,16)17)9-12(11)18-5-8-19-6-1-2-7-19/h3-4,9,18H,1-2,5-8H2. The zero-order chi connectivity index (χ0) is 13.9. The van der Waals surface area contributed by atoms with Crippen LogP contribution in [0.5, 0.6) is 0 Å². The fourth-order valence-corrected chi connectivity index (χ4v) is 2.19. The SMILES string of the molecule is Fc1ccc(C(F)(F)F)cc1NCCN1CCCC1. The molecule has 106 valence electrons. The summed E-state index contributed by atoms with van der Waals surface area (Å²) in [5, 5.41) is 2.74. The third-order valence-electron chi connectivity index (χ3n) is 3.24. The van der Waals surface area contributed by atoms with Crippen molar-refractivity contribution in [3.05, 3.63) is 29.6 Å². The summed E-state index contributed by atoms with van der Waals surface area (Å²) >= 11 is 0. The molecule has 0 aromatic heterocycles. The molecule has 1 heterocycles. The monoisotopic (exact) mass is 276 g/mol. The Hall–Kier alpha value is -1.30. The topological polar surface area (TPSA) is 15.3 Å². The van der Waals surface area contributed by atoms with Crippen molar-refractivity contribution < 1.29 is 17.6 Å². The first-order valence-corrected chi connectivity index (χ1v) is 6.30. The molecule has 1 saturated heterocycles. The van der Waals surface area contributed by atoms with Gasteiger partial charge in [-0.3, -0.25) is 0 Å². The van der Waals surface area contributed by atoms with E-state index in [9.17, 15) is 17.6 Å². The third-order valence-corrected chi connectivity index (χ3v) is 3.24. The van der Waals surface area contributed by atoms with E-state index >= 15 is 0 Å². The van der Waals surface area contributed by atoms with Gasteiger partial charge in [-0.15, -0.1) is 0 Å². The van der Waals surface area contributed by atoms with Crippen molar-refractivity contribution >= 4 is 5.69 Å². The lowest BCUT2D eigenvalue weighted by Gasteiger charge is -2.16. The predicted molar refractivity (Wildman–Crippen MR) is 65.6 cm³/mol. The summed E-state index contributed by atoms with van der Waals surface area (Å²) in [5.74, 6) is -0.658. The Morgan fingerprint density at radius 2 is 1.84 bits per heavy atom. The minimum Gasteiger partial charge on any atom is -0.381 e. The Labute approximate surface area is 109 Å². The lowest BCUT2D eigenvalue weighted by molar-refractivity contribution is -0.137. The van der Waals surface area contributed by atoms with Crippen molar-refractivity contribution in [2.45, 2.75) is 19.0 Å². The van der Waals surface area contributed by atoms with E-state index in [1.807, 2.05) is 0 Å². The largest absolute Gasteiger partial charge is 0.416 e. The smallest absolute Gasteiger partial charge is 0.381 e. The number of hydrogen-bond donors (Lipinski definition) is 1. The molecule has 1 aromatic rings. The van der Waals surface area contributed by atoms with Crippen LogP contribution in [0.4, 0.5) is 23.2 Å². The average molecular weight is 276 g/mol. The number of anilines is 1. The van der Waals surface area contributed by atoms with Crippen LogP contribution in [0.15, 0.2) is 18.2 Å². The fourth-order valence-electron chi connectivity index (χ4n) is 2.19. The molecular formula is C13H16F4N2. The van der Waals surface area contributed by atoms with Crippen LogP contribution < -0.4 is 5.32 Å². The van der Waals surface area contributed by atoms with E-state index in [-0.39, 0.29) is 5.69 Å². The lowest BCUT2D eigenvalue weighted by atomic mass is 10.2. The quantitative estimate of drug-likeness (QED) is 0.848. The number of likely N-dealkylation sites (tertiary alicyclic amines) is 1. The number of alkyl halides is 3. The highest BCUT2D eigenvalue weighted by Crippen LogP contribution is 2.31. The van der Waals surface area contributed by atoms with Crippen LogP contribution in [0, 0.1) is 5.82 Å². The molecule has 0 saturated carbocycles. The van der Waals surface area contributed by atoms with Gasteiger partial charge in [-0.05, 0) is 44.1 Å². The van der Waals surface area contributed by atoms with Crippen LogP contribution in [0.2, 0.25) is 0 Å². The molecule has 0 aliphatic carbocycles. The Kier molecular flexibility index (Phi) is 4.29. The minimum atomic E-state index is -4.45. The Bertz CT molecular complexity index is 425. The van der Waals surface area contributed by atoms with Crippen LogP contribution in [0.1, 0.15) is 18.4 Å². The summed E-state index contributed by atoms with van der Waals surface area (Å²) in [4.78, 5) is 2.21. The van der Waals surface area contributed by atoms with Crippen LogP contribution in [0.3, 0.4) is 0 Å². The second kappa shape index (κ2) is 5.77. The van der Waals surface area contributed by atoms with Gasteiger partial charge < -0.3 is 10.2 Å². The maximum atomic E-state index is 13.4. The van der Waals surface area contributed by atoms with Crippen LogP contribution in [-0.4, -0.2) is 31.1 Å². The molecule has 2 rings (SSSR count). The molecule has 2 nitrogen and oxygen atoms in total. The molecule has 0 unspecified atom stereocenters. The van der Waals surface area contributed by atoms with Gasteiger partial charge in [-0.2, -0.15) is 13.2 Å². The molecule has 1 N–H and O–H groups in total. The van der Waals surface area contributed by atoms with Gasteiger partial charge >= 0.3 is 6.18 Å². The molecule has 1 aromatic carbocycles. The summed E-state index contributed by atoms with van der Waals surface area (Å²) in [6.07, 6.45) is -2.14. The van der Waals surface area contributed by atoms with Gasteiger partial charge in [0.25, 0.3) is 0 Å². The highest BCUT2D eigenvalue weighted by molar-refractivity contribution is 5.48. The number of halogens is 4. The van der Waals surface area contributed by atoms with Gasteiger partial charge in [0.2, 0.25) is 0 Å². The second-order valence-corrected chi connectivity index (χ2v) is 4.67. The molecule has 0 amide bonds. The van der Waals surface area contributed by atoms with Crippen molar-refractivity contribution in [2.24, 2.45) is 0 Å². The predicted octanol–water partition coefficient (Wildman–Crippen LogP) is 3.35. The van der Waals surface area contributed by atoms with Gasteiger partial charge in [0, 0.05) is 13.1 Å². The average Bonchev–Trinajstić information content (AvgIpc) is 2.83. The Balaban J connectivity index is 1.94. The second-order valence-electron chi connectivity index (χ2n) is 4.67. The van der Waals surface area contributed by atoms with Gasteiger partial charge in [-0.25, -0.2) is 4.39 Å². The van der Waals surface area contributed by atoms with Crippen molar-refractivity contribution in [1.82, 2.24) is 4.90 Å². The molecule has 19 heavy (non-hydrogen) atoms. The summed E-state index contributed by atoms with van der Waals surface area (Å²) in [6, 6.07) is 2.42. The Morgan fingerprint density at radius 3 is 2.47 bits per heavy atom. The Morgan fingerprint density at radius 1 is 1.16 bits per heavy atom. The van der Waals surface area contributed by atoms with E-state index in [4.69, 9.17) is 0 Å². The van der Waals surface area contributed by atoms with Crippen molar-refractivity contribution in [3.8, 4) is 0 Å². The van der Waals surface area contributed by atoms with Crippen molar-refractivity contribution in [1.29, 1.82) is 0 Å². The number of rotatable bonds is 4. The molecule has 1 fully saturated rings. The molecular weight excluding hydrogens is 260 g/mol. The first-order chi connectivity index (χ1) is 8.97. The molecule has 0 atom stereocenters. The molecule has 6 heteroatoms. The summed E-state index contributed by atoms with van der Waals surface area (Å²) in [5.41, 5.74) is -0.924. The molecule has 0 bridgehead atoms. The number of nitrogens with zero attached hydrogens (tertiary/aromatic N) is 1. The van der Waals surface area contributed by atoms with E-state index < -0.39 is 17.6 Å². The highest BCUT2D eigenvalue weighted by atomic mass is 19.4. The number of hydrogen-bond acceptors (Lipinski definition) is 2. The van der Waals surface area contributed by atoms with E-state index in [2.05, 4.69) is 10.2 Å². The van der Waals surface area contributed by atoms with Crippen LogP contribution in [0.25, 0.3) is 0 Å². The summed E-state index contributed by atoms with van der Waals surface area (Å²) in [7, 11) is 0. The lowest BCUT2D eigenvalue weighted by Crippen LogP contribution is -2.26. The highest BCUT2D eigenvalue weighted by Gasteiger charge is 2.31. The van der Waals surface area contributed by atoms with Gasteiger partial charge in [0.15, 0.2) is 0 Å². The van der Waals surface area contributed by atoms with Crippen LogP contribution in [-0.2, 0) is 6.18 Å². The first kappa shape index (κ1) is 14.1. The van der Waals surface area contributed by atoms with E-state index in [1.54, 1.807) is 0 Å². The van der Waals surface area contributed by atoms with E-state index in [0.29, 0.717) is 6.54 Å². The number of nitrogens with one attached hydrogen (secondary N) is 1. The number of benzene rings is 1. The molecule has 0 spiro atoms. The summed E-state index contributed by atoms with van der Waals surface area (Å²) < 4.78 is 50.9. The zero-order valence-corrected chi connectivity index (χ0v) is 10.4. The van der Waals surface area contributed by atoms with E-state index in [1.165, 1.54) is 0 Å². The maximum absolute atomic E-state index is 13.4. The van der Waals surface area contributed by atoms with Gasteiger partial charge in [-0.1, -0.05) is 0 Å². The molecule has 1 aliphatic rings. The van der Waals surface area contributed by atoms with Gasteiger partial charge in [0.1, 0.15) is 5.82 Å². The first-order valence-electron chi connectivity index (χ1n) is 6.30. The fraction of sp³-hybridized carbons (Fsp3) is 0.538. The maximum Gasteiger partial charge on any atom is 0.416 e. The molecule has 0 radical (unpaired) electrons. The van der Waals surface area contributed by atoms with Crippen molar-refractivity contribution in [2.75, 3.05) is 31.5 Å². The van der Waals surface area contributed by atoms with Crippen LogP contribution >= 0.6 is 0 Å². The van der Waals surface area contributed by atoms with Gasteiger partial charge in [0.05, 0.1) is 11.3 Å². The zero-order valence-electron chi connectivity index (χ0n) is 10.4. The van der Waals surface area contributed by atoms with E-state index in [0.717, 1.165) is 50.7 Å². The molecule has 1 aliphatic heterocycles. The summed E-state index contributed by atoms with van der Waals surface area (Å²) in [6.45, 7) is 3.17. The third kappa shape index (κ3) is 3.83. The normalized spacial score (nSPS) is 16.8.